The van der Waals surface area contributed by atoms with Crippen LogP contribution in [-0.4, -0.2) is 63.5 Å². The van der Waals surface area contributed by atoms with E-state index in [0.717, 1.165) is 28.2 Å². The molecule has 0 aliphatic heterocycles. The molecule has 0 amide bonds. The van der Waals surface area contributed by atoms with Crippen molar-refractivity contribution >= 4 is 8.53 Å². The maximum absolute atomic E-state index is 9.09. The third-order valence-corrected chi connectivity index (χ3v) is 9.17. The second kappa shape index (κ2) is 18.5. The van der Waals surface area contributed by atoms with E-state index in [4.69, 9.17) is 39.7 Å². The largest absolute Gasteiger partial charge is 0.497 e. The number of nitrogens with zero attached hydrogens (tertiary/aromatic N) is 2. The quantitative estimate of drug-likeness (QED) is 0.0589. The van der Waals surface area contributed by atoms with E-state index in [0.29, 0.717) is 0 Å². The van der Waals surface area contributed by atoms with Crippen LogP contribution in [0.4, 0.5) is 0 Å². The molecule has 0 N–H and O–H groups in total. The average Bonchev–Trinajstić information content (AvgIpc) is 3.06. The van der Waals surface area contributed by atoms with E-state index in [1.165, 1.54) is 0 Å². The summed E-state index contributed by atoms with van der Waals surface area (Å²) in [5, 5.41) is 9.09. The van der Waals surface area contributed by atoms with Crippen LogP contribution < -0.4 is 9.47 Å². The molecule has 0 aromatic heterocycles. The lowest BCUT2D eigenvalue weighted by molar-refractivity contribution is -0.0718. The van der Waals surface area contributed by atoms with Gasteiger partial charge in [-0.05, 0) is 68.7 Å². The van der Waals surface area contributed by atoms with Crippen LogP contribution >= 0.6 is 8.53 Å². The van der Waals surface area contributed by atoms with Gasteiger partial charge in [0.15, 0.2) is 0 Å². The molecule has 2 unspecified atom stereocenters. The molecule has 2 atom stereocenters. The molecule has 9 heteroatoms. The van der Waals surface area contributed by atoms with E-state index in [1.54, 1.807) is 14.2 Å². The summed E-state index contributed by atoms with van der Waals surface area (Å²) >= 11 is 0. The first-order chi connectivity index (χ1) is 21.8. The predicted molar refractivity (Wildman–Crippen MR) is 178 cm³/mol. The zero-order valence-corrected chi connectivity index (χ0v) is 28.0. The van der Waals surface area contributed by atoms with Crippen molar-refractivity contribution in [3.05, 3.63) is 95.6 Å². The Bertz CT molecular complexity index is 1300. The molecule has 45 heavy (non-hydrogen) atoms. The molecule has 0 aliphatic rings. The molecular formula is C36H45N2O6P. The molecule has 240 valence electrons. The van der Waals surface area contributed by atoms with Crippen molar-refractivity contribution in [2.45, 2.75) is 57.9 Å². The highest BCUT2D eigenvalue weighted by atomic mass is 31.2. The van der Waals surface area contributed by atoms with Crippen LogP contribution in [0.2, 0.25) is 0 Å². The monoisotopic (exact) mass is 632 g/mol. The summed E-state index contributed by atoms with van der Waals surface area (Å²) in [6.45, 7) is 9.08. The standard InChI is InChI=1S/C36H45N2O6P/c1-8-24-41-35(27-44-45(43-25-12-23-37)38(28(2)3)29(4)5)26-42-36(30-13-10-9-11-14-30,31-15-19-33(39-6)20-16-31)32-17-21-34(40-7)22-18-32/h1,9-11,13-22,28-29,35H,12,24-27H2,2-7H3. The van der Waals surface area contributed by atoms with Gasteiger partial charge in [-0.15, -0.1) is 6.42 Å². The van der Waals surface area contributed by atoms with Gasteiger partial charge < -0.3 is 28.0 Å². The Morgan fingerprint density at radius 2 is 1.31 bits per heavy atom. The summed E-state index contributed by atoms with van der Waals surface area (Å²) in [6.07, 6.45) is 5.36. The minimum absolute atomic E-state index is 0.0894. The van der Waals surface area contributed by atoms with Crippen molar-refractivity contribution in [3.8, 4) is 29.9 Å². The minimum atomic E-state index is -1.48. The fourth-order valence-corrected chi connectivity index (χ4v) is 6.70. The van der Waals surface area contributed by atoms with Gasteiger partial charge >= 0.3 is 0 Å². The molecule has 0 saturated heterocycles. The van der Waals surface area contributed by atoms with Crippen LogP contribution in [0.3, 0.4) is 0 Å². The first kappa shape index (κ1) is 36.0. The summed E-state index contributed by atoms with van der Waals surface area (Å²) in [7, 11) is 1.81. The molecule has 0 bridgehead atoms. The van der Waals surface area contributed by atoms with Crippen LogP contribution in [0.5, 0.6) is 11.5 Å². The van der Waals surface area contributed by atoms with Gasteiger partial charge in [-0.25, -0.2) is 4.67 Å². The van der Waals surface area contributed by atoms with Crippen LogP contribution in [0.15, 0.2) is 78.9 Å². The second-order valence-electron chi connectivity index (χ2n) is 10.8. The molecule has 3 rings (SSSR count). The van der Waals surface area contributed by atoms with Crippen molar-refractivity contribution in [3.63, 3.8) is 0 Å². The molecular weight excluding hydrogens is 587 g/mol. The molecule has 0 aliphatic carbocycles. The van der Waals surface area contributed by atoms with E-state index in [1.807, 2.05) is 78.9 Å². The molecule has 3 aromatic carbocycles. The van der Waals surface area contributed by atoms with Gasteiger partial charge in [0.25, 0.3) is 8.53 Å². The fraction of sp³-hybridized carbons (Fsp3) is 0.417. The van der Waals surface area contributed by atoms with E-state index >= 15 is 0 Å². The van der Waals surface area contributed by atoms with Crippen LogP contribution in [0.1, 0.15) is 50.8 Å². The highest BCUT2D eigenvalue weighted by Crippen LogP contribution is 2.46. The summed E-state index contributed by atoms with van der Waals surface area (Å²) in [5.41, 5.74) is 1.73. The average molecular weight is 633 g/mol. The molecule has 3 aromatic rings. The number of benzene rings is 3. The first-order valence-electron chi connectivity index (χ1n) is 15.0. The maximum atomic E-state index is 9.09. The van der Waals surface area contributed by atoms with Crippen LogP contribution in [0.25, 0.3) is 0 Å². The lowest BCUT2D eigenvalue weighted by atomic mass is 9.80. The van der Waals surface area contributed by atoms with Crippen molar-refractivity contribution in [1.82, 2.24) is 4.67 Å². The minimum Gasteiger partial charge on any atom is -0.497 e. The Hall–Kier alpha value is -3.46. The maximum Gasteiger partial charge on any atom is 0.259 e. The van der Waals surface area contributed by atoms with Gasteiger partial charge in [-0.3, -0.25) is 0 Å². The second-order valence-corrected chi connectivity index (χ2v) is 12.2. The molecule has 0 radical (unpaired) electrons. The molecule has 0 saturated carbocycles. The number of ether oxygens (including phenoxy) is 4. The molecule has 0 fully saturated rings. The van der Waals surface area contributed by atoms with Gasteiger partial charge in [0.05, 0.1) is 46.5 Å². The Morgan fingerprint density at radius 3 is 1.78 bits per heavy atom. The zero-order chi connectivity index (χ0) is 32.7. The third kappa shape index (κ3) is 9.76. The lowest BCUT2D eigenvalue weighted by Crippen LogP contribution is -2.38. The van der Waals surface area contributed by atoms with Gasteiger partial charge in [0.1, 0.15) is 29.8 Å². The number of terminal acetylenes is 1. The smallest absolute Gasteiger partial charge is 0.259 e. The Balaban J connectivity index is 2.02. The molecule has 0 heterocycles. The molecule has 0 spiro atoms. The van der Waals surface area contributed by atoms with E-state index in [9.17, 15) is 0 Å². The van der Waals surface area contributed by atoms with Crippen molar-refractivity contribution < 1.29 is 28.0 Å². The van der Waals surface area contributed by atoms with Gasteiger partial charge in [-0.1, -0.05) is 60.5 Å². The Morgan fingerprint density at radius 1 is 0.778 bits per heavy atom. The van der Waals surface area contributed by atoms with Gasteiger partial charge in [-0.2, -0.15) is 5.26 Å². The van der Waals surface area contributed by atoms with Crippen molar-refractivity contribution in [2.75, 3.05) is 40.6 Å². The Kier molecular flexibility index (Phi) is 14.8. The highest BCUT2D eigenvalue weighted by Gasteiger charge is 2.39. The van der Waals surface area contributed by atoms with Gasteiger partial charge in [0, 0.05) is 12.1 Å². The molecule has 8 nitrogen and oxygen atoms in total. The summed E-state index contributed by atoms with van der Waals surface area (Å²) in [5.74, 6) is 4.05. The number of rotatable bonds is 19. The summed E-state index contributed by atoms with van der Waals surface area (Å²) < 4.78 is 38.8. The van der Waals surface area contributed by atoms with E-state index < -0.39 is 20.2 Å². The number of nitriles is 1. The summed E-state index contributed by atoms with van der Waals surface area (Å²) in [4.78, 5) is 0. The number of methoxy groups -OCH3 is 2. The number of hydrogen-bond acceptors (Lipinski definition) is 8. The van der Waals surface area contributed by atoms with E-state index in [-0.39, 0.29) is 44.9 Å². The topological polar surface area (TPSA) is 82.4 Å². The SMILES string of the molecule is C#CCOC(COP(OCCC#N)N(C(C)C)C(C)C)COC(c1ccccc1)(c1ccc(OC)cc1)c1ccc(OC)cc1. The first-order valence-corrected chi connectivity index (χ1v) is 16.2. The Labute approximate surface area is 270 Å². The van der Waals surface area contributed by atoms with Crippen LogP contribution in [-0.2, 0) is 24.1 Å². The van der Waals surface area contributed by atoms with Gasteiger partial charge in [0.2, 0.25) is 0 Å². The summed E-state index contributed by atoms with van der Waals surface area (Å²) in [6, 6.07) is 28.3. The predicted octanol–water partition coefficient (Wildman–Crippen LogP) is 7.32. The van der Waals surface area contributed by atoms with Crippen LogP contribution in [0, 0.1) is 23.7 Å². The van der Waals surface area contributed by atoms with Crippen molar-refractivity contribution in [2.24, 2.45) is 0 Å². The third-order valence-electron chi connectivity index (χ3n) is 7.09. The lowest BCUT2D eigenvalue weighted by Gasteiger charge is -2.38. The normalized spacial score (nSPS) is 13.0. The fourth-order valence-electron chi connectivity index (χ4n) is 5.06. The van der Waals surface area contributed by atoms with E-state index in [2.05, 4.69) is 44.4 Å². The number of hydrogen-bond donors (Lipinski definition) is 0. The zero-order valence-electron chi connectivity index (χ0n) is 27.1. The van der Waals surface area contributed by atoms with Crippen molar-refractivity contribution in [1.29, 1.82) is 5.26 Å². The highest BCUT2D eigenvalue weighted by molar-refractivity contribution is 7.44.